The summed E-state index contributed by atoms with van der Waals surface area (Å²) in [6.45, 7) is 7.11. The van der Waals surface area contributed by atoms with Crippen LogP contribution in [0.3, 0.4) is 0 Å². The van der Waals surface area contributed by atoms with Crippen LogP contribution in [0.15, 0.2) is 36.8 Å². The second-order valence-corrected chi connectivity index (χ2v) is 13.4. The Hall–Kier alpha value is -3.49. The highest BCUT2D eigenvalue weighted by Gasteiger charge is 2.41. The molecule has 12 heteroatoms. The summed E-state index contributed by atoms with van der Waals surface area (Å²) in [4.78, 5) is 10.8. The van der Waals surface area contributed by atoms with Crippen molar-refractivity contribution in [3.8, 4) is 23.1 Å². The molecule has 0 spiro atoms. The van der Waals surface area contributed by atoms with Gasteiger partial charge in [0.15, 0.2) is 17.8 Å². The fourth-order valence-electron chi connectivity index (χ4n) is 6.35. The smallest absolute Gasteiger partial charge is 0.176 e. The van der Waals surface area contributed by atoms with E-state index >= 15 is 4.39 Å². The van der Waals surface area contributed by atoms with Crippen molar-refractivity contribution in [2.45, 2.75) is 63.8 Å². The molecule has 45 heavy (non-hydrogen) atoms. The SMILES string of the molecule is C[C@@H](Oc1ccc2c(c(-c3cnc(N4CC(C)(NCC5CC5)C4)c(C#N)c3)nn2C2CCCCO2)c1F)c1c(Cl)cncc1Cl. The Labute approximate surface area is 271 Å². The lowest BCUT2D eigenvalue weighted by atomic mass is 9.91. The molecule has 3 aromatic heterocycles. The number of benzene rings is 1. The molecule has 2 aliphatic heterocycles. The Morgan fingerprint density at radius 2 is 1.96 bits per heavy atom. The van der Waals surface area contributed by atoms with Gasteiger partial charge in [0.1, 0.15) is 23.7 Å². The van der Waals surface area contributed by atoms with E-state index in [0.29, 0.717) is 50.4 Å². The standard InChI is InChI=1S/C33H34Cl2FN7O2/c1-19(28-23(34)15-38-16-24(28)35)45-26-9-8-25-29(30(26)36)31(41-43(25)27-5-3-4-10-44-27)22-11-21(12-37)32(39-14-22)42-17-33(2,18-42)40-13-20-6-7-20/h8-9,11,14-16,19-20,27,40H,3-7,10,13,17-18H2,1-2H3/t19-,27?/m1/s1. The number of hydrogen-bond acceptors (Lipinski definition) is 8. The van der Waals surface area contributed by atoms with Crippen molar-refractivity contribution in [2.24, 2.45) is 5.92 Å². The van der Waals surface area contributed by atoms with Gasteiger partial charge in [-0.25, -0.2) is 14.1 Å². The van der Waals surface area contributed by atoms with E-state index in [0.717, 1.165) is 44.8 Å². The Kier molecular flexibility index (Phi) is 8.07. The summed E-state index contributed by atoms with van der Waals surface area (Å²) in [5, 5.41) is 19.6. The number of nitrogens with zero attached hydrogens (tertiary/aromatic N) is 6. The number of rotatable bonds is 9. The van der Waals surface area contributed by atoms with Gasteiger partial charge in [0.2, 0.25) is 0 Å². The summed E-state index contributed by atoms with van der Waals surface area (Å²) in [6.07, 6.45) is 8.93. The molecular formula is C33H34Cl2FN7O2. The fraction of sp³-hybridized carbons (Fsp3) is 0.455. The number of anilines is 1. The summed E-state index contributed by atoms with van der Waals surface area (Å²) in [5.74, 6) is 0.849. The largest absolute Gasteiger partial charge is 0.483 e. The molecule has 5 heterocycles. The predicted octanol–water partition coefficient (Wildman–Crippen LogP) is 7.23. The first kappa shape index (κ1) is 30.2. The normalized spacial score (nSPS) is 20.1. The van der Waals surface area contributed by atoms with E-state index in [1.54, 1.807) is 36.0 Å². The molecule has 9 nitrogen and oxygen atoms in total. The minimum atomic E-state index is -0.660. The lowest BCUT2D eigenvalue weighted by Crippen LogP contribution is -2.68. The maximum atomic E-state index is 16.5. The average Bonchev–Trinajstić information content (AvgIpc) is 3.78. The van der Waals surface area contributed by atoms with Gasteiger partial charge in [0, 0.05) is 49.4 Å². The summed E-state index contributed by atoms with van der Waals surface area (Å²) in [5.41, 5.74) is 2.39. The zero-order valence-corrected chi connectivity index (χ0v) is 26.7. The molecule has 7 rings (SSSR count). The fourth-order valence-corrected chi connectivity index (χ4v) is 7.03. The van der Waals surface area contributed by atoms with Crippen LogP contribution in [0.1, 0.15) is 69.4 Å². The van der Waals surface area contributed by atoms with Gasteiger partial charge in [-0.2, -0.15) is 10.4 Å². The Balaban J connectivity index is 1.24. The Bertz CT molecular complexity index is 1770. The summed E-state index contributed by atoms with van der Waals surface area (Å²) >= 11 is 12.7. The molecule has 1 unspecified atom stereocenters. The number of halogens is 3. The highest BCUT2D eigenvalue weighted by atomic mass is 35.5. The highest BCUT2D eigenvalue weighted by Crippen LogP contribution is 2.41. The number of nitriles is 1. The number of ether oxygens (including phenoxy) is 2. The number of pyridine rings is 2. The van der Waals surface area contributed by atoms with Gasteiger partial charge in [0.05, 0.1) is 32.1 Å². The highest BCUT2D eigenvalue weighted by molar-refractivity contribution is 6.35. The van der Waals surface area contributed by atoms with E-state index < -0.39 is 11.9 Å². The second-order valence-electron chi connectivity index (χ2n) is 12.6. The van der Waals surface area contributed by atoms with Gasteiger partial charge in [0.25, 0.3) is 0 Å². The van der Waals surface area contributed by atoms with Crippen LogP contribution < -0.4 is 15.0 Å². The third-order valence-corrected chi connectivity index (χ3v) is 9.56. The van der Waals surface area contributed by atoms with Crippen LogP contribution in [0.5, 0.6) is 5.75 Å². The zero-order chi connectivity index (χ0) is 31.3. The van der Waals surface area contributed by atoms with Crippen molar-refractivity contribution in [3.63, 3.8) is 0 Å². The molecule has 3 fully saturated rings. The molecule has 2 atom stereocenters. The van der Waals surface area contributed by atoms with Crippen LogP contribution in [0.4, 0.5) is 10.2 Å². The quantitative estimate of drug-likeness (QED) is 0.203. The molecule has 0 radical (unpaired) electrons. The van der Waals surface area contributed by atoms with Crippen LogP contribution >= 0.6 is 23.2 Å². The maximum absolute atomic E-state index is 16.5. The topological polar surface area (TPSA) is 101 Å². The van der Waals surface area contributed by atoms with E-state index in [1.807, 2.05) is 0 Å². The van der Waals surface area contributed by atoms with Crippen molar-refractivity contribution in [1.82, 2.24) is 25.1 Å². The van der Waals surface area contributed by atoms with Gasteiger partial charge in [-0.15, -0.1) is 0 Å². The van der Waals surface area contributed by atoms with Crippen molar-refractivity contribution >= 4 is 39.9 Å². The Morgan fingerprint density at radius 3 is 2.64 bits per heavy atom. The molecule has 1 saturated carbocycles. The number of hydrogen-bond donors (Lipinski definition) is 1. The molecule has 1 aromatic carbocycles. The van der Waals surface area contributed by atoms with E-state index in [-0.39, 0.29) is 22.9 Å². The summed E-state index contributed by atoms with van der Waals surface area (Å²) < 4.78 is 30.4. The van der Waals surface area contributed by atoms with Crippen LogP contribution in [0.2, 0.25) is 10.0 Å². The van der Waals surface area contributed by atoms with Gasteiger partial charge in [-0.1, -0.05) is 23.2 Å². The zero-order valence-electron chi connectivity index (χ0n) is 25.2. The molecule has 1 N–H and O–H groups in total. The van der Waals surface area contributed by atoms with E-state index in [9.17, 15) is 5.26 Å². The number of aromatic nitrogens is 4. The summed E-state index contributed by atoms with van der Waals surface area (Å²) in [6, 6.07) is 7.43. The second kappa shape index (κ2) is 12.0. The monoisotopic (exact) mass is 649 g/mol. The minimum absolute atomic E-state index is 0.00791. The van der Waals surface area contributed by atoms with Crippen molar-refractivity contribution in [2.75, 3.05) is 31.1 Å². The van der Waals surface area contributed by atoms with Crippen LogP contribution in [-0.2, 0) is 4.74 Å². The van der Waals surface area contributed by atoms with Crippen molar-refractivity contribution in [1.29, 1.82) is 5.26 Å². The maximum Gasteiger partial charge on any atom is 0.176 e. The van der Waals surface area contributed by atoms with Gasteiger partial charge >= 0.3 is 0 Å². The molecular weight excluding hydrogens is 616 g/mol. The summed E-state index contributed by atoms with van der Waals surface area (Å²) in [7, 11) is 0. The van der Waals surface area contributed by atoms with Gasteiger partial charge in [-0.3, -0.25) is 4.98 Å². The molecule has 0 bridgehead atoms. The minimum Gasteiger partial charge on any atom is -0.483 e. The molecule has 3 aliphatic rings. The van der Waals surface area contributed by atoms with E-state index in [1.165, 1.54) is 25.2 Å². The van der Waals surface area contributed by atoms with Gasteiger partial charge in [-0.05, 0) is 76.6 Å². The first-order chi connectivity index (χ1) is 21.7. The van der Waals surface area contributed by atoms with E-state index in [2.05, 4.69) is 28.2 Å². The molecule has 0 amide bonds. The third-order valence-electron chi connectivity index (χ3n) is 8.96. The predicted molar refractivity (Wildman–Crippen MR) is 171 cm³/mol. The lowest BCUT2D eigenvalue weighted by Gasteiger charge is -2.49. The first-order valence-electron chi connectivity index (χ1n) is 15.4. The molecule has 234 valence electrons. The molecule has 4 aromatic rings. The average molecular weight is 651 g/mol. The first-order valence-corrected chi connectivity index (χ1v) is 16.2. The molecule has 2 saturated heterocycles. The van der Waals surface area contributed by atoms with Crippen molar-refractivity contribution < 1.29 is 13.9 Å². The van der Waals surface area contributed by atoms with Crippen LogP contribution in [-0.4, -0.2) is 51.5 Å². The van der Waals surface area contributed by atoms with E-state index in [4.69, 9.17) is 42.8 Å². The molecule has 1 aliphatic carbocycles. The van der Waals surface area contributed by atoms with Crippen LogP contribution in [0.25, 0.3) is 22.2 Å². The van der Waals surface area contributed by atoms with Gasteiger partial charge < -0.3 is 19.7 Å². The Morgan fingerprint density at radius 1 is 1.18 bits per heavy atom. The third kappa shape index (κ3) is 5.83. The van der Waals surface area contributed by atoms with Crippen LogP contribution in [0, 0.1) is 23.1 Å². The lowest BCUT2D eigenvalue weighted by molar-refractivity contribution is -0.0365. The number of nitrogens with one attached hydrogen (secondary N) is 1. The number of fused-ring (bicyclic) bond motifs is 1. The van der Waals surface area contributed by atoms with Crippen molar-refractivity contribution in [3.05, 3.63) is 63.8 Å².